The van der Waals surface area contributed by atoms with Crippen LogP contribution in [0.4, 0.5) is 4.39 Å². The molecule has 19 heavy (non-hydrogen) atoms. The molecule has 0 radical (unpaired) electrons. The molecule has 0 fully saturated rings. The van der Waals surface area contributed by atoms with E-state index in [-0.39, 0.29) is 11.6 Å². The number of ketones is 1. The van der Waals surface area contributed by atoms with Crippen LogP contribution >= 0.6 is 22.9 Å². The first-order valence-electron chi connectivity index (χ1n) is 6.11. The number of hydrogen-bond donors (Lipinski definition) is 0. The van der Waals surface area contributed by atoms with E-state index in [1.165, 1.54) is 17.0 Å². The number of halogens is 2. The predicted octanol–water partition coefficient (Wildman–Crippen LogP) is 4.76. The first-order chi connectivity index (χ1) is 9.16. The first kappa shape index (κ1) is 14.2. The zero-order valence-corrected chi connectivity index (χ0v) is 11.9. The van der Waals surface area contributed by atoms with Gasteiger partial charge in [-0.05, 0) is 42.0 Å². The van der Waals surface area contributed by atoms with Crippen LogP contribution in [-0.2, 0) is 11.2 Å². The van der Waals surface area contributed by atoms with Gasteiger partial charge in [-0.2, -0.15) is 0 Å². The van der Waals surface area contributed by atoms with Gasteiger partial charge in [0.05, 0.1) is 0 Å². The fourth-order valence-electron chi connectivity index (χ4n) is 1.84. The van der Waals surface area contributed by atoms with Crippen LogP contribution in [0.5, 0.6) is 0 Å². The highest BCUT2D eigenvalue weighted by molar-refractivity contribution is 7.09. The molecule has 2 rings (SSSR count). The first-order valence-corrected chi connectivity index (χ1v) is 7.43. The minimum atomic E-state index is -0.677. The second-order valence-corrected chi connectivity index (χ2v) is 5.78. The van der Waals surface area contributed by atoms with Crippen molar-refractivity contribution in [3.05, 3.63) is 58.0 Å². The van der Waals surface area contributed by atoms with E-state index in [1.807, 2.05) is 11.4 Å². The summed E-state index contributed by atoms with van der Waals surface area (Å²) in [7, 11) is 0. The lowest BCUT2D eigenvalue weighted by Crippen LogP contribution is -2.07. The van der Waals surface area contributed by atoms with Crippen molar-refractivity contribution < 1.29 is 9.18 Å². The molecule has 1 aromatic heterocycles. The molecule has 0 bridgehead atoms. The number of thiophene rings is 1. The van der Waals surface area contributed by atoms with Crippen molar-refractivity contribution in [2.45, 2.75) is 24.6 Å². The van der Waals surface area contributed by atoms with Crippen LogP contribution in [0.2, 0.25) is 0 Å². The van der Waals surface area contributed by atoms with Crippen molar-refractivity contribution in [1.82, 2.24) is 0 Å². The quantitative estimate of drug-likeness (QED) is 0.703. The lowest BCUT2D eigenvalue weighted by atomic mass is 10.0. The Hall–Kier alpha value is -1.19. The summed E-state index contributed by atoms with van der Waals surface area (Å²) in [6, 6.07) is 9.83. The molecule has 1 aromatic carbocycles. The molecular formula is C15H14ClFOS. The molecule has 1 unspecified atom stereocenters. The minimum Gasteiger partial charge on any atom is -0.298 e. The van der Waals surface area contributed by atoms with E-state index in [1.54, 1.807) is 23.5 Å². The Balaban J connectivity index is 1.83. The average molecular weight is 297 g/mol. The number of hydrogen-bond acceptors (Lipinski definition) is 2. The Bertz CT molecular complexity index is 522. The number of aryl methyl sites for hydroxylation is 1. The fraction of sp³-hybridized carbons (Fsp3) is 0.267. The molecule has 0 saturated heterocycles. The van der Waals surface area contributed by atoms with Gasteiger partial charge in [-0.25, -0.2) is 4.39 Å². The van der Waals surface area contributed by atoms with Crippen molar-refractivity contribution in [3.63, 3.8) is 0 Å². The minimum absolute atomic E-state index is 0.00942. The van der Waals surface area contributed by atoms with Crippen molar-refractivity contribution in [1.29, 1.82) is 0 Å². The van der Waals surface area contributed by atoms with Gasteiger partial charge in [-0.1, -0.05) is 18.2 Å². The average Bonchev–Trinajstić information content (AvgIpc) is 2.92. The third-order valence-electron chi connectivity index (χ3n) is 2.87. The maximum Gasteiger partial charge on any atom is 0.155 e. The Kier molecular flexibility index (Phi) is 5.11. The van der Waals surface area contributed by atoms with E-state index in [2.05, 4.69) is 6.07 Å². The van der Waals surface area contributed by atoms with Crippen LogP contribution in [-0.4, -0.2) is 5.78 Å². The predicted molar refractivity (Wildman–Crippen MR) is 77.3 cm³/mol. The third-order valence-corrected chi connectivity index (χ3v) is 4.30. The largest absolute Gasteiger partial charge is 0.298 e. The number of rotatable bonds is 6. The number of carbonyl (C=O) groups excluding carboxylic acids is 1. The maximum absolute atomic E-state index is 12.8. The standard InChI is InChI=1S/C15H14ClFOS/c16-15(11-6-8-12(17)9-7-11)14(18)5-1-3-13-4-2-10-19-13/h2,4,6-10,15H,1,3,5H2. The van der Waals surface area contributed by atoms with E-state index >= 15 is 0 Å². The van der Waals surface area contributed by atoms with Gasteiger partial charge in [-0.3, -0.25) is 4.79 Å². The van der Waals surface area contributed by atoms with Crippen LogP contribution in [0.15, 0.2) is 41.8 Å². The van der Waals surface area contributed by atoms with Crippen LogP contribution in [0, 0.1) is 5.82 Å². The van der Waals surface area contributed by atoms with E-state index < -0.39 is 5.38 Å². The summed E-state index contributed by atoms with van der Waals surface area (Å²) < 4.78 is 12.8. The van der Waals surface area contributed by atoms with Crippen LogP contribution in [0.3, 0.4) is 0 Å². The molecule has 0 aliphatic heterocycles. The summed E-state index contributed by atoms with van der Waals surface area (Å²) in [6.45, 7) is 0. The van der Waals surface area contributed by atoms with E-state index in [0.29, 0.717) is 12.0 Å². The molecule has 1 atom stereocenters. The van der Waals surface area contributed by atoms with Gasteiger partial charge in [0.25, 0.3) is 0 Å². The molecule has 0 N–H and O–H groups in total. The van der Waals surface area contributed by atoms with Crippen molar-refractivity contribution in [3.8, 4) is 0 Å². The summed E-state index contributed by atoms with van der Waals surface area (Å²) in [5.74, 6) is -0.331. The van der Waals surface area contributed by atoms with Gasteiger partial charge in [0, 0.05) is 11.3 Å². The Labute approximate surface area is 121 Å². The number of Topliss-reactive ketones (excluding diaryl/α,β-unsaturated/α-hetero) is 1. The van der Waals surface area contributed by atoms with Gasteiger partial charge in [-0.15, -0.1) is 22.9 Å². The van der Waals surface area contributed by atoms with Crippen molar-refractivity contribution >= 4 is 28.7 Å². The SMILES string of the molecule is O=C(CCCc1cccs1)C(Cl)c1ccc(F)cc1. The van der Waals surface area contributed by atoms with Gasteiger partial charge >= 0.3 is 0 Å². The zero-order valence-electron chi connectivity index (χ0n) is 10.3. The second-order valence-electron chi connectivity index (χ2n) is 4.31. The lowest BCUT2D eigenvalue weighted by Gasteiger charge is -2.08. The summed E-state index contributed by atoms with van der Waals surface area (Å²) in [5, 5.41) is 1.35. The Morgan fingerprint density at radius 3 is 2.63 bits per heavy atom. The van der Waals surface area contributed by atoms with Crippen LogP contribution in [0.1, 0.15) is 28.7 Å². The molecule has 0 amide bonds. The van der Waals surface area contributed by atoms with E-state index in [9.17, 15) is 9.18 Å². The summed E-state index contributed by atoms with van der Waals surface area (Å²) in [6.07, 6.45) is 2.14. The second kappa shape index (κ2) is 6.83. The molecule has 4 heteroatoms. The normalized spacial score (nSPS) is 12.3. The van der Waals surface area contributed by atoms with Crippen LogP contribution in [0.25, 0.3) is 0 Å². The third kappa shape index (κ3) is 4.15. The fourth-order valence-corrected chi connectivity index (χ4v) is 2.84. The molecule has 1 heterocycles. The summed E-state index contributed by atoms with van der Waals surface area (Å²) in [5.41, 5.74) is 0.657. The maximum atomic E-state index is 12.8. The van der Waals surface area contributed by atoms with Gasteiger partial charge in [0.1, 0.15) is 11.2 Å². The van der Waals surface area contributed by atoms with E-state index in [0.717, 1.165) is 12.8 Å². The number of carbonyl (C=O) groups is 1. The molecular weight excluding hydrogens is 283 g/mol. The summed E-state index contributed by atoms with van der Waals surface area (Å²) in [4.78, 5) is 13.2. The van der Waals surface area contributed by atoms with E-state index in [4.69, 9.17) is 11.6 Å². The van der Waals surface area contributed by atoms with Gasteiger partial charge in [0.15, 0.2) is 5.78 Å². The monoisotopic (exact) mass is 296 g/mol. The topological polar surface area (TPSA) is 17.1 Å². The molecule has 2 aromatic rings. The van der Waals surface area contributed by atoms with Gasteiger partial charge in [0.2, 0.25) is 0 Å². The number of alkyl halides is 1. The highest BCUT2D eigenvalue weighted by Gasteiger charge is 2.17. The number of benzene rings is 1. The lowest BCUT2D eigenvalue weighted by molar-refractivity contribution is -0.118. The van der Waals surface area contributed by atoms with Gasteiger partial charge < -0.3 is 0 Å². The molecule has 0 aliphatic rings. The van der Waals surface area contributed by atoms with Crippen molar-refractivity contribution in [2.24, 2.45) is 0 Å². The van der Waals surface area contributed by atoms with Crippen molar-refractivity contribution in [2.75, 3.05) is 0 Å². The molecule has 0 spiro atoms. The highest BCUT2D eigenvalue weighted by atomic mass is 35.5. The highest BCUT2D eigenvalue weighted by Crippen LogP contribution is 2.24. The van der Waals surface area contributed by atoms with Crippen LogP contribution < -0.4 is 0 Å². The zero-order chi connectivity index (χ0) is 13.7. The Morgan fingerprint density at radius 2 is 2.00 bits per heavy atom. The molecule has 100 valence electrons. The molecule has 0 saturated carbocycles. The molecule has 1 nitrogen and oxygen atoms in total. The summed E-state index contributed by atoms with van der Waals surface area (Å²) >= 11 is 7.80. The Morgan fingerprint density at radius 1 is 1.26 bits per heavy atom. The molecule has 0 aliphatic carbocycles. The smallest absolute Gasteiger partial charge is 0.155 e.